The second-order valence-electron chi connectivity index (χ2n) is 6.22. The van der Waals surface area contributed by atoms with E-state index in [1.165, 1.54) is 13.2 Å². The number of ether oxygens (including phenoxy) is 3. The van der Waals surface area contributed by atoms with Crippen LogP contribution in [-0.2, 0) is 16.0 Å². The number of amides is 1. The van der Waals surface area contributed by atoms with Crippen molar-refractivity contribution in [3.8, 4) is 11.5 Å². The highest BCUT2D eigenvalue weighted by Crippen LogP contribution is 2.28. The molecule has 0 fully saturated rings. The summed E-state index contributed by atoms with van der Waals surface area (Å²) in [6.45, 7) is 1.94. The number of rotatable bonds is 7. The minimum Gasteiger partial charge on any atom is -0.493 e. The molecule has 1 aliphatic heterocycles. The summed E-state index contributed by atoms with van der Waals surface area (Å²) in [4.78, 5) is 36.1. The smallest absolute Gasteiger partial charge is 0.338 e. The lowest BCUT2D eigenvalue weighted by Gasteiger charge is -2.17. The third kappa shape index (κ3) is 4.31. The number of carbonyl (C=O) groups is 3. The van der Waals surface area contributed by atoms with Crippen LogP contribution in [-0.4, -0.2) is 38.0 Å². The lowest BCUT2D eigenvalue weighted by Crippen LogP contribution is -2.20. The van der Waals surface area contributed by atoms with Gasteiger partial charge in [-0.1, -0.05) is 0 Å². The molecule has 0 spiro atoms. The van der Waals surface area contributed by atoms with Crippen LogP contribution in [0.15, 0.2) is 36.4 Å². The second-order valence-corrected chi connectivity index (χ2v) is 6.22. The number of carbonyl (C=O) groups excluding carboxylic acids is 3. The molecular weight excluding hydrogens is 362 g/mol. The summed E-state index contributed by atoms with van der Waals surface area (Å²) in [6, 6.07) is 9.73. The van der Waals surface area contributed by atoms with Gasteiger partial charge in [0.05, 0.1) is 19.3 Å². The largest absolute Gasteiger partial charge is 0.493 e. The monoisotopic (exact) mass is 383 g/mol. The first-order valence-electron chi connectivity index (χ1n) is 8.95. The molecule has 0 radical (unpaired) electrons. The summed E-state index contributed by atoms with van der Waals surface area (Å²) < 4.78 is 15.8. The minimum atomic E-state index is -0.625. The predicted octanol–water partition coefficient (Wildman–Crippen LogP) is 3.02. The van der Waals surface area contributed by atoms with Crippen molar-refractivity contribution < 1.29 is 28.6 Å². The molecule has 7 heteroatoms. The standard InChI is InChI=1S/C21H21NO6/c1-3-27-18-8-5-15(11-19(18)26-2)21(25)28-12-17(23)14-4-7-16-13(10-14)6-9-20(24)22-16/h4-5,7-8,10-11H,3,6,9,12H2,1-2H3,(H,22,24). The van der Waals surface area contributed by atoms with Crippen molar-refractivity contribution in [1.29, 1.82) is 0 Å². The van der Waals surface area contributed by atoms with Gasteiger partial charge in [0.15, 0.2) is 23.9 Å². The zero-order valence-corrected chi connectivity index (χ0v) is 15.7. The molecule has 1 N–H and O–H groups in total. The fourth-order valence-corrected chi connectivity index (χ4v) is 2.92. The molecule has 1 aliphatic rings. The van der Waals surface area contributed by atoms with E-state index in [2.05, 4.69) is 5.32 Å². The highest BCUT2D eigenvalue weighted by molar-refractivity contribution is 6.01. The van der Waals surface area contributed by atoms with E-state index < -0.39 is 5.97 Å². The Kier molecular flexibility index (Phi) is 5.93. The summed E-state index contributed by atoms with van der Waals surface area (Å²) in [5.41, 5.74) is 2.31. The van der Waals surface area contributed by atoms with Gasteiger partial charge in [-0.05, 0) is 55.3 Å². The quantitative estimate of drug-likeness (QED) is 0.584. The third-order valence-electron chi connectivity index (χ3n) is 4.36. The lowest BCUT2D eigenvalue weighted by atomic mass is 9.99. The lowest BCUT2D eigenvalue weighted by molar-refractivity contribution is -0.116. The number of nitrogens with one attached hydrogen (secondary N) is 1. The molecule has 3 rings (SSSR count). The van der Waals surface area contributed by atoms with Crippen LogP contribution in [0.4, 0.5) is 5.69 Å². The van der Waals surface area contributed by atoms with Crippen LogP contribution < -0.4 is 14.8 Å². The molecule has 1 amide bonds. The van der Waals surface area contributed by atoms with Crippen molar-refractivity contribution in [2.75, 3.05) is 25.6 Å². The molecule has 7 nitrogen and oxygen atoms in total. The Bertz CT molecular complexity index is 921. The SMILES string of the molecule is CCOc1ccc(C(=O)OCC(=O)c2ccc3c(c2)CCC(=O)N3)cc1OC. The molecule has 0 unspecified atom stereocenters. The third-order valence-corrected chi connectivity index (χ3v) is 4.36. The molecule has 0 atom stereocenters. The van der Waals surface area contributed by atoms with E-state index in [1.54, 1.807) is 30.3 Å². The molecule has 0 saturated carbocycles. The van der Waals surface area contributed by atoms with Crippen LogP contribution in [0.2, 0.25) is 0 Å². The van der Waals surface area contributed by atoms with Crippen LogP contribution in [0.1, 0.15) is 39.6 Å². The van der Waals surface area contributed by atoms with Gasteiger partial charge < -0.3 is 19.5 Å². The van der Waals surface area contributed by atoms with E-state index in [0.717, 1.165) is 5.56 Å². The maximum absolute atomic E-state index is 12.4. The molecular formula is C21H21NO6. The van der Waals surface area contributed by atoms with E-state index in [4.69, 9.17) is 14.2 Å². The van der Waals surface area contributed by atoms with Crippen LogP contribution in [0.3, 0.4) is 0 Å². The first-order chi connectivity index (χ1) is 13.5. The van der Waals surface area contributed by atoms with Gasteiger partial charge in [-0.2, -0.15) is 0 Å². The Labute approximate surface area is 162 Å². The first-order valence-corrected chi connectivity index (χ1v) is 8.95. The zero-order chi connectivity index (χ0) is 20.1. The second kappa shape index (κ2) is 8.56. The summed E-state index contributed by atoms with van der Waals surface area (Å²) >= 11 is 0. The number of ketones is 1. The molecule has 2 aromatic carbocycles. The average Bonchev–Trinajstić information content (AvgIpc) is 2.71. The van der Waals surface area contributed by atoms with Crippen molar-refractivity contribution in [2.45, 2.75) is 19.8 Å². The van der Waals surface area contributed by atoms with Gasteiger partial charge in [-0.15, -0.1) is 0 Å². The number of benzene rings is 2. The molecule has 2 aromatic rings. The average molecular weight is 383 g/mol. The first kappa shape index (κ1) is 19.4. The summed E-state index contributed by atoms with van der Waals surface area (Å²) in [5, 5.41) is 2.76. The predicted molar refractivity (Wildman–Crippen MR) is 102 cm³/mol. The van der Waals surface area contributed by atoms with E-state index in [-0.39, 0.29) is 23.9 Å². The van der Waals surface area contributed by atoms with Crippen LogP contribution >= 0.6 is 0 Å². The number of hydrogen-bond donors (Lipinski definition) is 1. The maximum atomic E-state index is 12.4. The maximum Gasteiger partial charge on any atom is 0.338 e. The number of esters is 1. The number of fused-ring (bicyclic) bond motifs is 1. The fraction of sp³-hybridized carbons (Fsp3) is 0.286. The fourth-order valence-electron chi connectivity index (χ4n) is 2.92. The van der Waals surface area contributed by atoms with E-state index in [9.17, 15) is 14.4 Å². The summed E-state index contributed by atoms with van der Waals surface area (Å²) in [7, 11) is 1.48. The van der Waals surface area contributed by atoms with E-state index in [0.29, 0.717) is 42.2 Å². The van der Waals surface area contributed by atoms with Gasteiger partial charge in [0.1, 0.15) is 0 Å². The van der Waals surface area contributed by atoms with Gasteiger partial charge >= 0.3 is 5.97 Å². The van der Waals surface area contributed by atoms with Crippen molar-refractivity contribution >= 4 is 23.3 Å². The minimum absolute atomic E-state index is 0.0358. The molecule has 0 saturated heterocycles. The normalized spacial score (nSPS) is 12.6. The number of Topliss-reactive ketones (excluding diaryl/α,β-unsaturated/α-hetero) is 1. The molecule has 0 aliphatic carbocycles. The van der Waals surface area contributed by atoms with Gasteiger partial charge in [0.2, 0.25) is 5.91 Å². The van der Waals surface area contributed by atoms with Crippen LogP contribution in [0.25, 0.3) is 0 Å². The van der Waals surface area contributed by atoms with Gasteiger partial charge in [-0.25, -0.2) is 4.79 Å². The van der Waals surface area contributed by atoms with Gasteiger partial charge in [0, 0.05) is 17.7 Å². The highest BCUT2D eigenvalue weighted by atomic mass is 16.5. The Hall–Kier alpha value is -3.35. The Morgan fingerprint density at radius 1 is 1.04 bits per heavy atom. The van der Waals surface area contributed by atoms with Gasteiger partial charge in [0.25, 0.3) is 0 Å². The summed E-state index contributed by atoms with van der Waals surface area (Å²) in [6.07, 6.45) is 0.966. The van der Waals surface area contributed by atoms with Crippen molar-refractivity contribution in [2.24, 2.45) is 0 Å². The molecule has 146 valence electrons. The number of hydrogen-bond acceptors (Lipinski definition) is 6. The Morgan fingerprint density at radius 2 is 1.82 bits per heavy atom. The number of aryl methyl sites for hydroxylation is 1. The van der Waals surface area contributed by atoms with Crippen molar-refractivity contribution in [1.82, 2.24) is 0 Å². The highest BCUT2D eigenvalue weighted by Gasteiger charge is 2.18. The topological polar surface area (TPSA) is 90.9 Å². The van der Waals surface area contributed by atoms with Crippen LogP contribution in [0.5, 0.6) is 11.5 Å². The van der Waals surface area contributed by atoms with Crippen LogP contribution in [0, 0.1) is 0 Å². The molecule has 0 aromatic heterocycles. The number of anilines is 1. The molecule has 0 bridgehead atoms. The molecule has 28 heavy (non-hydrogen) atoms. The van der Waals surface area contributed by atoms with E-state index >= 15 is 0 Å². The zero-order valence-electron chi connectivity index (χ0n) is 15.7. The Morgan fingerprint density at radius 3 is 2.57 bits per heavy atom. The summed E-state index contributed by atoms with van der Waals surface area (Å²) in [5.74, 6) is -0.0321. The number of methoxy groups -OCH3 is 1. The van der Waals surface area contributed by atoms with Crippen molar-refractivity contribution in [3.63, 3.8) is 0 Å². The Balaban J connectivity index is 1.64. The van der Waals surface area contributed by atoms with E-state index in [1.807, 2.05) is 6.92 Å². The van der Waals surface area contributed by atoms with Gasteiger partial charge in [-0.3, -0.25) is 9.59 Å². The molecule has 1 heterocycles. The van der Waals surface area contributed by atoms with Crippen molar-refractivity contribution in [3.05, 3.63) is 53.1 Å².